The van der Waals surface area contributed by atoms with Crippen molar-refractivity contribution in [1.29, 1.82) is 0 Å². The van der Waals surface area contributed by atoms with E-state index in [2.05, 4.69) is 79.0 Å². The molecule has 1 aliphatic rings. The van der Waals surface area contributed by atoms with Gasteiger partial charge in [0.2, 0.25) is 0 Å². The molecule has 0 aromatic heterocycles. The molecule has 0 bridgehead atoms. The summed E-state index contributed by atoms with van der Waals surface area (Å²) in [5.74, 6) is 0.861. The third kappa shape index (κ3) is 3.83. The van der Waals surface area contributed by atoms with Crippen LogP contribution in [-0.4, -0.2) is 6.54 Å². The highest BCUT2D eigenvalue weighted by molar-refractivity contribution is 5.86. The van der Waals surface area contributed by atoms with E-state index in [9.17, 15) is 0 Å². The molecule has 3 aromatic rings. The first-order valence-electron chi connectivity index (χ1n) is 10.1. The topological polar surface area (TPSA) is 12.0 Å². The van der Waals surface area contributed by atoms with Crippen molar-refractivity contribution >= 4 is 10.8 Å². The molecular weight excluding hydrogens is 314 g/mol. The Labute approximate surface area is 157 Å². The van der Waals surface area contributed by atoms with Crippen LogP contribution in [0.4, 0.5) is 0 Å². The first-order valence-corrected chi connectivity index (χ1v) is 10.1. The van der Waals surface area contributed by atoms with Gasteiger partial charge in [-0.2, -0.15) is 0 Å². The van der Waals surface area contributed by atoms with Gasteiger partial charge in [-0.15, -0.1) is 0 Å². The standard InChI is InChI=1S/C25H29N/c1-19(24-14-6-12-22-10-4-5-13-25(22)24)26-17-7-8-20-15-16-21-9-2-3-11-23(21)18-20/h2-6,9-14,19-20,26H,7-8,15-18H2,1H3/t19-,20+/m1/s1. The molecule has 1 aliphatic carbocycles. The molecule has 4 rings (SSSR count). The van der Waals surface area contributed by atoms with Gasteiger partial charge in [0.15, 0.2) is 0 Å². The van der Waals surface area contributed by atoms with Gasteiger partial charge in [-0.05, 0) is 79.0 Å². The minimum absolute atomic E-state index is 0.396. The monoisotopic (exact) mass is 343 g/mol. The Morgan fingerprint density at radius 3 is 2.62 bits per heavy atom. The Kier molecular flexibility index (Phi) is 5.36. The van der Waals surface area contributed by atoms with E-state index >= 15 is 0 Å². The van der Waals surface area contributed by atoms with E-state index < -0.39 is 0 Å². The maximum Gasteiger partial charge on any atom is 0.0297 e. The van der Waals surface area contributed by atoms with Crippen LogP contribution in [0.1, 0.15) is 48.9 Å². The number of rotatable bonds is 6. The van der Waals surface area contributed by atoms with Gasteiger partial charge in [0.05, 0.1) is 0 Å². The smallest absolute Gasteiger partial charge is 0.0297 e. The highest BCUT2D eigenvalue weighted by atomic mass is 14.9. The summed E-state index contributed by atoms with van der Waals surface area (Å²) in [6.45, 7) is 3.39. The van der Waals surface area contributed by atoms with Crippen molar-refractivity contribution in [3.63, 3.8) is 0 Å². The summed E-state index contributed by atoms with van der Waals surface area (Å²) in [5.41, 5.74) is 4.57. The number of hydrogen-bond donors (Lipinski definition) is 1. The number of fused-ring (bicyclic) bond motifs is 2. The van der Waals surface area contributed by atoms with E-state index in [-0.39, 0.29) is 0 Å². The third-order valence-electron chi connectivity index (χ3n) is 5.98. The van der Waals surface area contributed by atoms with Crippen LogP contribution in [0.25, 0.3) is 10.8 Å². The second kappa shape index (κ2) is 8.05. The van der Waals surface area contributed by atoms with Crippen molar-refractivity contribution in [3.05, 3.63) is 83.4 Å². The molecule has 0 spiro atoms. The minimum Gasteiger partial charge on any atom is -0.310 e. The fraction of sp³-hybridized carbons (Fsp3) is 0.360. The van der Waals surface area contributed by atoms with Gasteiger partial charge in [-0.3, -0.25) is 0 Å². The average molecular weight is 344 g/mol. The van der Waals surface area contributed by atoms with E-state index in [1.54, 1.807) is 11.1 Å². The Morgan fingerprint density at radius 1 is 0.923 bits per heavy atom. The average Bonchev–Trinajstić information content (AvgIpc) is 2.70. The molecule has 134 valence electrons. The maximum atomic E-state index is 3.75. The van der Waals surface area contributed by atoms with Crippen molar-refractivity contribution < 1.29 is 0 Å². The van der Waals surface area contributed by atoms with E-state index in [0.717, 1.165) is 12.5 Å². The van der Waals surface area contributed by atoms with E-state index in [1.807, 2.05) is 0 Å². The van der Waals surface area contributed by atoms with Gasteiger partial charge in [0.1, 0.15) is 0 Å². The molecule has 0 aliphatic heterocycles. The molecule has 0 fully saturated rings. The minimum atomic E-state index is 0.396. The van der Waals surface area contributed by atoms with E-state index in [0.29, 0.717) is 6.04 Å². The number of benzene rings is 3. The number of hydrogen-bond acceptors (Lipinski definition) is 1. The van der Waals surface area contributed by atoms with Gasteiger partial charge in [0.25, 0.3) is 0 Å². The van der Waals surface area contributed by atoms with Gasteiger partial charge in [0, 0.05) is 6.04 Å². The van der Waals surface area contributed by atoms with Gasteiger partial charge < -0.3 is 5.32 Å². The normalized spacial score (nSPS) is 17.8. The summed E-state index contributed by atoms with van der Waals surface area (Å²) in [7, 11) is 0. The van der Waals surface area contributed by atoms with Crippen molar-refractivity contribution in [2.24, 2.45) is 5.92 Å². The molecule has 0 saturated carbocycles. The lowest BCUT2D eigenvalue weighted by Gasteiger charge is -2.25. The van der Waals surface area contributed by atoms with Crippen LogP contribution in [0.3, 0.4) is 0 Å². The summed E-state index contributed by atoms with van der Waals surface area (Å²) in [6, 6.07) is 24.7. The Balaban J connectivity index is 1.28. The zero-order valence-corrected chi connectivity index (χ0v) is 15.7. The molecule has 0 heterocycles. The van der Waals surface area contributed by atoms with Gasteiger partial charge in [-0.1, -0.05) is 66.7 Å². The van der Waals surface area contributed by atoms with Crippen LogP contribution in [-0.2, 0) is 12.8 Å². The summed E-state index contributed by atoms with van der Waals surface area (Å²) in [5, 5.41) is 6.46. The number of aryl methyl sites for hydroxylation is 1. The summed E-state index contributed by atoms with van der Waals surface area (Å²) in [4.78, 5) is 0. The number of nitrogens with one attached hydrogen (secondary N) is 1. The van der Waals surface area contributed by atoms with Crippen molar-refractivity contribution in [3.8, 4) is 0 Å². The lowest BCUT2D eigenvalue weighted by molar-refractivity contribution is 0.403. The highest BCUT2D eigenvalue weighted by Gasteiger charge is 2.17. The fourth-order valence-electron chi connectivity index (χ4n) is 4.47. The Bertz CT molecular complexity index is 861. The molecular formula is C25H29N. The zero-order chi connectivity index (χ0) is 17.8. The SMILES string of the molecule is C[C@@H](NCCC[C@H]1CCc2ccccc2C1)c1cccc2ccccc12. The van der Waals surface area contributed by atoms with Crippen LogP contribution in [0.5, 0.6) is 0 Å². The first-order chi connectivity index (χ1) is 12.8. The second-order valence-corrected chi connectivity index (χ2v) is 7.76. The predicted octanol–water partition coefficient (Wildman–Crippen LogP) is 6.08. The highest BCUT2D eigenvalue weighted by Crippen LogP contribution is 2.28. The quantitative estimate of drug-likeness (QED) is 0.535. The summed E-state index contributed by atoms with van der Waals surface area (Å²) >= 11 is 0. The van der Waals surface area contributed by atoms with Crippen LogP contribution < -0.4 is 5.32 Å². The van der Waals surface area contributed by atoms with E-state index in [1.165, 1.54) is 48.4 Å². The largest absolute Gasteiger partial charge is 0.310 e. The first kappa shape index (κ1) is 17.3. The van der Waals surface area contributed by atoms with Crippen molar-refractivity contribution in [2.75, 3.05) is 6.54 Å². The Hall–Kier alpha value is -2.12. The lowest BCUT2D eigenvalue weighted by Crippen LogP contribution is -2.21. The molecule has 26 heavy (non-hydrogen) atoms. The van der Waals surface area contributed by atoms with Crippen LogP contribution >= 0.6 is 0 Å². The van der Waals surface area contributed by atoms with E-state index in [4.69, 9.17) is 0 Å². The van der Waals surface area contributed by atoms with Crippen LogP contribution in [0.15, 0.2) is 66.7 Å². The maximum absolute atomic E-state index is 3.75. The van der Waals surface area contributed by atoms with Crippen molar-refractivity contribution in [2.45, 2.75) is 45.1 Å². The summed E-state index contributed by atoms with van der Waals surface area (Å²) < 4.78 is 0. The molecule has 1 heteroatoms. The molecule has 1 nitrogen and oxygen atoms in total. The molecule has 0 amide bonds. The van der Waals surface area contributed by atoms with Crippen molar-refractivity contribution in [1.82, 2.24) is 5.32 Å². The van der Waals surface area contributed by atoms with Gasteiger partial charge >= 0.3 is 0 Å². The second-order valence-electron chi connectivity index (χ2n) is 7.76. The lowest BCUT2D eigenvalue weighted by atomic mass is 9.82. The molecule has 1 N–H and O–H groups in total. The summed E-state index contributed by atoms with van der Waals surface area (Å²) in [6.07, 6.45) is 6.50. The molecule has 0 saturated heterocycles. The molecule has 0 unspecified atom stereocenters. The van der Waals surface area contributed by atoms with Crippen LogP contribution in [0, 0.1) is 5.92 Å². The fourth-order valence-corrected chi connectivity index (χ4v) is 4.47. The van der Waals surface area contributed by atoms with Crippen LogP contribution in [0.2, 0.25) is 0 Å². The molecule has 2 atom stereocenters. The Morgan fingerprint density at radius 2 is 1.69 bits per heavy atom. The molecule has 3 aromatic carbocycles. The zero-order valence-electron chi connectivity index (χ0n) is 15.7. The molecule has 0 radical (unpaired) electrons. The predicted molar refractivity (Wildman–Crippen MR) is 112 cm³/mol. The van der Waals surface area contributed by atoms with Gasteiger partial charge in [-0.25, -0.2) is 0 Å². The third-order valence-corrected chi connectivity index (χ3v) is 5.98.